The SMILES string of the molecule is Nc1ccccn1.Nc1ccccn1.[Cl][Pt][Cl]. The first-order chi connectivity index (χ1) is 8.20. The molecule has 17 heavy (non-hydrogen) atoms. The van der Waals surface area contributed by atoms with Gasteiger partial charge in [-0.25, -0.2) is 9.97 Å². The van der Waals surface area contributed by atoms with Crippen LogP contribution in [0.1, 0.15) is 0 Å². The van der Waals surface area contributed by atoms with E-state index in [9.17, 15) is 0 Å². The first-order valence-electron chi connectivity index (χ1n) is 4.36. The monoisotopic (exact) mass is 453 g/mol. The van der Waals surface area contributed by atoms with Crippen molar-refractivity contribution in [3.8, 4) is 0 Å². The molecule has 0 saturated carbocycles. The Morgan fingerprint density at radius 3 is 1.29 bits per heavy atom. The van der Waals surface area contributed by atoms with E-state index in [0.29, 0.717) is 11.6 Å². The van der Waals surface area contributed by atoms with Crippen molar-refractivity contribution in [2.45, 2.75) is 0 Å². The van der Waals surface area contributed by atoms with Crippen LogP contribution in [0.4, 0.5) is 11.6 Å². The normalized spacial score (nSPS) is 8.35. The molecule has 2 heterocycles. The van der Waals surface area contributed by atoms with Crippen LogP contribution in [0.2, 0.25) is 0 Å². The molecule has 2 aromatic heterocycles. The summed E-state index contributed by atoms with van der Waals surface area (Å²) in [4.78, 5) is 7.51. The summed E-state index contributed by atoms with van der Waals surface area (Å²) in [5.74, 6) is 1.14. The van der Waals surface area contributed by atoms with Crippen molar-refractivity contribution in [2.75, 3.05) is 11.5 Å². The molecule has 0 aliphatic carbocycles. The maximum absolute atomic E-state index is 5.25. The molecule has 2 rings (SSSR count). The summed E-state index contributed by atoms with van der Waals surface area (Å²) in [6.45, 7) is 0. The molecule has 0 aromatic carbocycles. The number of nitrogens with zero attached hydrogens (tertiary/aromatic N) is 2. The van der Waals surface area contributed by atoms with Gasteiger partial charge in [0.25, 0.3) is 0 Å². The van der Waals surface area contributed by atoms with E-state index >= 15 is 0 Å². The summed E-state index contributed by atoms with van der Waals surface area (Å²) in [6, 6.07) is 10.9. The van der Waals surface area contributed by atoms with Crippen molar-refractivity contribution in [2.24, 2.45) is 0 Å². The topological polar surface area (TPSA) is 77.8 Å². The number of pyridine rings is 2. The Bertz CT molecular complexity index is 337. The molecule has 0 aliphatic heterocycles. The fraction of sp³-hybridized carbons (Fsp3) is 0. The molecule has 0 unspecified atom stereocenters. The Balaban J connectivity index is 0.000000247. The summed E-state index contributed by atoms with van der Waals surface area (Å²) >= 11 is -0.472. The van der Waals surface area contributed by atoms with Crippen LogP contribution in [0, 0.1) is 0 Å². The third-order valence-corrected chi connectivity index (χ3v) is 1.38. The van der Waals surface area contributed by atoms with Crippen LogP contribution in [-0.2, 0) is 16.5 Å². The Labute approximate surface area is 117 Å². The first-order valence-corrected chi connectivity index (χ1v) is 9.99. The predicted octanol–water partition coefficient (Wildman–Crippen LogP) is 2.70. The van der Waals surface area contributed by atoms with Crippen LogP contribution in [0.25, 0.3) is 0 Å². The molecule has 7 heteroatoms. The van der Waals surface area contributed by atoms with Crippen LogP contribution in [0.3, 0.4) is 0 Å². The van der Waals surface area contributed by atoms with Gasteiger partial charge in [-0.2, -0.15) is 0 Å². The van der Waals surface area contributed by atoms with Crippen molar-refractivity contribution in [1.29, 1.82) is 0 Å². The van der Waals surface area contributed by atoms with Gasteiger partial charge in [0.15, 0.2) is 0 Å². The molecule has 0 saturated heterocycles. The van der Waals surface area contributed by atoms with Crippen LogP contribution < -0.4 is 11.5 Å². The Morgan fingerprint density at radius 1 is 0.824 bits per heavy atom. The van der Waals surface area contributed by atoms with Gasteiger partial charge in [0.05, 0.1) is 0 Å². The van der Waals surface area contributed by atoms with Crippen molar-refractivity contribution < 1.29 is 16.5 Å². The number of aromatic nitrogens is 2. The number of anilines is 2. The van der Waals surface area contributed by atoms with Gasteiger partial charge in [-0.05, 0) is 24.3 Å². The molecule has 0 atom stereocenters. The molecule has 4 N–H and O–H groups in total. The number of halogens is 2. The van der Waals surface area contributed by atoms with Gasteiger partial charge in [-0.3, -0.25) is 0 Å². The van der Waals surface area contributed by atoms with E-state index in [0.717, 1.165) is 0 Å². The number of nitrogens with two attached hydrogens (primary N) is 2. The number of hydrogen-bond donors (Lipinski definition) is 2. The zero-order chi connectivity index (χ0) is 12.9. The minimum atomic E-state index is -0.472. The van der Waals surface area contributed by atoms with E-state index in [-0.39, 0.29) is 0 Å². The third-order valence-electron chi connectivity index (χ3n) is 1.38. The van der Waals surface area contributed by atoms with Gasteiger partial charge < -0.3 is 11.5 Å². The fourth-order valence-corrected chi connectivity index (χ4v) is 0.752. The van der Waals surface area contributed by atoms with E-state index in [4.69, 9.17) is 30.3 Å². The standard InChI is InChI=1S/2C5H6N2.2ClH.Pt/c2*6-5-3-1-2-4-7-5;;;/h2*1-4H,(H2,6,7);2*1H;/q;;;;+2/p-2. The van der Waals surface area contributed by atoms with Gasteiger partial charge >= 0.3 is 35.3 Å². The molecule has 4 nitrogen and oxygen atoms in total. The summed E-state index contributed by atoms with van der Waals surface area (Å²) in [7, 11) is 9.75. The molecular weight excluding hydrogens is 442 g/mol. The molecule has 96 valence electrons. The molecule has 0 fully saturated rings. The Hall–Kier alpha value is -0.832. The summed E-state index contributed by atoms with van der Waals surface area (Å²) < 4.78 is 0. The van der Waals surface area contributed by atoms with E-state index in [2.05, 4.69) is 9.97 Å². The Morgan fingerprint density at radius 2 is 1.18 bits per heavy atom. The number of nitrogen functional groups attached to an aromatic ring is 2. The second kappa shape index (κ2) is 11.6. The molecule has 0 radical (unpaired) electrons. The molecule has 0 amide bonds. The van der Waals surface area contributed by atoms with Crippen LogP contribution in [-0.4, -0.2) is 9.97 Å². The second-order valence-corrected chi connectivity index (χ2v) is 5.84. The average Bonchev–Trinajstić information content (AvgIpc) is 2.33. The van der Waals surface area contributed by atoms with E-state index in [1.165, 1.54) is 0 Å². The zero-order valence-electron chi connectivity index (χ0n) is 8.74. The zero-order valence-corrected chi connectivity index (χ0v) is 12.5. The van der Waals surface area contributed by atoms with Gasteiger partial charge in [0.2, 0.25) is 0 Å². The summed E-state index contributed by atoms with van der Waals surface area (Å²) in [6.07, 6.45) is 3.32. The first kappa shape index (κ1) is 16.2. The average molecular weight is 454 g/mol. The number of rotatable bonds is 0. The molecule has 2 aromatic rings. The predicted molar refractivity (Wildman–Crippen MR) is 69.0 cm³/mol. The van der Waals surface area contributed by atoms with Crippen molar-refractivity contribution in [3.63, 3.8) is 0 Å². The molecule has 0 spiro atoms. The van der Waals surface area contributed by atoms with Crippen LogP contribution >= 0.6 is 18.8 Å². The van der Waals surface area contributed by atoms with Gasteiger partial charge in [-0.15, -0.1) is 0 Å². The van der Waals surface area contributed by atoms with Crippen LogP contribution in [0.5, 0.6) is 0 Å². The third kappa shape index (κ3) is 11.4. The summed E-state index contributed by atoms with van der Waals surface area (Å²) in [5.41, 5.74) is 10.5. The Kier molecular flexibility index (Phi) is 11.1. The maximum atomic E-state index is 5.25. The molecular formula is C10H12Cl2N4Pt. The van der Waals surface area contributed by atoms with E-state index in [1.807, 2.05) is 24.3 Å². The van der Waals surface area contributed by atoms with Crippen molar-refractivity contribution in [1.82, 2.24) is 9.97 Å². The van der Waals surface area contributed by atoms with Crippen molar-refractivity contribution in [3.05, 3.63) is 48.8 Å². The van der Waals surface area contributed by atoms with Crippen molar-refractivity contribution >= 4 is 30.5 Å². The molecule has 0 bridgehead atoms. The summed E-state index contributed by atoms with van der Waals surface area (Å²) in [5, 5.41) is 0. The van der Waals surface area contributed by atoms with E-state index in [1.54, 1.807) is 24.5 Å². The number of hydrogen-bond acceptors (Lipinski definition) is 4. The fourth-order valence-electron chi connectivity index (χ4n) is 0.752. The molecule has 0 aliphatic rings. The quantitative estimate of drug-likeness (QED) is 0.642. The van der Waals surface area contributed by atoms with Crippen LogP contribution in [0.15, 0.2) is 48.8 Å². The van der Waals surface area contributed by atoms with Gasteiger partial charge in [-0.1, -0.05) is 12.1 Å². The van der Waals surface area contributed by atoms with Gasteiger partial charge in [0, 0.05) is 12.4 Å². The van der Waals surface area contributed by atoms with E-state index < -0.39 is 16.5 Å². The minimum absolute atomic E-state index is 0.472. The van der Waals surface area contributed by atoms with Gasteiger partial charge in [0.1, 0.15) is 11.6 Å². The second-order valence-electron chi connectivity index (χ2n) is 2.55.